The maximum atomic E-state index is 12.7. The summed E-state index contributed by atoms with van der Waals surface area (Å²) in [7, 11) is 0. The highest BCUT2D eigenvalue weighted by Gasteiger charge is 2.35. The van der Waals surface area contributed by atoms with Crippen LogP contribution in [-0.2, 0) is 22.7 Å². The van der Waals surface area contributed by atoms with E-state index in [1.54, 1.807) is 6.07 Å². The molecule has 4 rings (SSSR count). The molecule has 0 radical (unpaired) electrons. The summed E-state index contributed by atoms with van der Waals surface area (Å²) in [5.74, 6) is 0.654. The minimum atomic E-state index is -0.0227. The number of amides is 2. The highest BCUT2D eigenvalue weighted by Crippen LogP contribution is 2.35. The molecule has 29 heavy (non-hydrogen) atoms. The van der Waals surface area contributed by atoms with Gasteiger partial charge < -0.3 is 14.8 Å². The number of piperidine rings is 1. The first-order valence-electron chi connectivity index (χ1n) is 10.4. The molecule has 0 spiro atoms. The molecule has 2 aliphatic heterocycles. The second-order valence-corrected chi connectivity index (χ2v) is 8.11. The molecule has 0 saturated carbocycles. The van der Waals surface area contributed by atoms with Gasteiger partial charge in [0.25, 0.3) is 5.56 Å². The van der Waals surface area contributed by atoms with Gasteiger partial charge in [-0.1, -0.05) is 36.4 Å². The molecule has 1 aromatic heterocycles. The predicted molar refractivity (Wildman–Crippen MR) is 110 cm³/mol. The van der Waals surface area contributed by atoms with Crippen LogP contribution in [0.5, 0.6) is 0 Å². The van der Waals surface area contributed by atoms with E-state index in [0.717, 1.165) is 17.7 Å². The summed E-state index contributed by atoms with van der Waals surface area (Å²) >= 11 is 0. The third-order valence-corrected chi connectivity index (χ3v) is 5.96. The van der Waals surface area contributed by atoms with Crippen molar-refractivity contribution >= 4 is 11.8 Å². The maximum absolute atomic E-state index is 12.7. The smallest absolute Gasteiger partial charge is 0.250 e. The fourth-order valence-electron chi connectivity index (χ4n) is 4.54. The number of carbonyl (C=O) groups excluding carboxylic acids is 2. The molecule has 1 N–H and O–H groups in total. The van der Waals surface area contributed by atoms with Gasteiger partial charge in [-0.3, -0.25) is 14.4 Å². The lowest BCUT2D eigenvalue weighted by atomic mass is 9.83. The molecule has 6 nitrogen and oxygen atoms in total. The summed E-state index contributed by atoms with van der Waals surface area (Å²) in [6.07, 6.45) is 2.34. The summed E-state index contributed by atoms with van der Waals surface area (Å²) in [4.78, 5) is 38.8. The van der Waals surface area contributed by atoms with Gasteiger partial charge >= 0.3 is 0 Å². The van der Waals surface area contributed by atoms with Gasteiger partial charge in [-0.15, -0.1) is 0 Å². The molecular weight excluding hydrogens is 366 g/mol. The van der Waals surface area contributed by atoms with Crippen molar-refractivity contribution in [3.63, 3.8) is 0 Å². The Morgan fingerprint density at radius 3 is 2.62 bits per heavy atom. The summed E-state index contributed by atoms with van der Waals surface area (Å²) < 4.78 is 1.87. The second kappa shape index (κ2) is 8.64. The molecule has 2 aliphatic rings. The molecule has 2 bridgehead atoms. The van der Waals surface area contributed by atoms with E-state index in [4.69, 9.17) is 0 Å². The van der Waals surface area contributed by atoms with Crippen molar-refractivity contribution < 1.29 is 9.59 Å². The van der Waals surface area contributed by atoms with Crippen LogP contribution in [0.4, 0.5) is 0 Å². The van der Waals surface area contributed by atoms with Crippen molar-refractivity contribution in [1.82, 2.24) is 14.8 Å². The van der Waals surface area contributed by atoms with Crippen molar-refractivity contribution in [2.24, 2.45) is 5.92 Å². The Morgan fingerprint density at radius 1 is 0.966 bits per heavy atom. The summed E-state index contributed by atoms with van der Waals surface area (Å²) in [6, 6.07) is 15.2. The maximum Gasteiger partial charge on any atom is 0.250 e. The van der Waals surface area contributed by atoms with Crippen LogP contribution in [0, 0.1) is 5.92 Å². The van der Waals surface area contributed by atoms with Gasteiger partial charge in [0.1, 0.15) is 0 Å². The Bertz CT molecular complexity index is 938. The summed E-state index contributed by atoms with van der Waals surface area (Å²) in [6.45, 7) is 2.58. The van der Waals surface area contributed by atoms with Gasteiger partial charge in [0.15, 0.2) is 0 Å². The van der Waals surface area contributed by atoms with E-state index in [1.165, 1.54) is 0 Å². The number of hydrogen-bond donors (Lipinski definition) is 1. The highest BCUT2D eigenvalue weighted by molar-refractivity contribution is 5.79. The number of nitrogens with zero attached hydrogens (tertiary/aromatic N) is 2. The molecular formula is C23H27N3O3. The lowest BCUT2D eigenvalue weighted by Gasteiger charge is -2.42. The van der Waals surface area contributed by atoms with E-state index in [9.17, 15) is 14.4 Å². The average Bonchev–Trinajstić information content (AvgIpc) is 2.73. The van der Waals surface area contributed by atoms with E-state index in [0.29, 0.717) is 51.4 Å². The van der Waals surface area contributed by atoms with Crippen LogP contribution in [0.15, 0.2) is 53.3 Å². The SMILES string of the molecule is O=C(CCCC(=O)N1CC2CC(C1)c1cccc(=O)n1C2)NCc1ccccc1. The zero-order valence-corrected chi connectivity index (χ0v) is 16.5. The zero-order chi connectivity index (χ0) is 20.2. The number of fused-ring (bicyclic) bond motifs is 4. The van der Waals surface area contributed by atoms with E-state index in [2.05, 4.69) is 5.32 Å². The average molecular weight is 393 g/mol. The van der Waals surface area contributed by atoms with Gasteiger partial charge in [-0.05, 0) is 30.4 Å². The van der Waals surface area contributed by atoms with E-state index in [1.807, 2.05) is 51.9 Å². The predicted octanol–water partition coefficient (Wildman–Crippen LogP) is 2.28. The largest absolute Gasteiger partial charge is 0.352 e. The first kappa shape index (κ1) is 19.4. The quantitative estimate of drug-likeness (QED) is 0.819. The van der Waals surface area contributed by atoms with Gasteiger partial charge in [-0.2, -0.15) is 0 Å². The number of hydrogen-bond acceptors (Lipinski definition) is 3. The number of benzene rings is 1. The topological polar surface area (TPSA) is 71.4 Å². The molecule has 1 aromatic carbocycles. The summed E-state index contributed by atoms with van der Waals surface area (Å²) in [5, 5.41) is 2.90. The van der Waals surface area contributed by atoms with Crippen LogP contribution >= 0.6 is 0 Å². The highest BCUT2D eigenvalue weighted by atomic mass is 16.2. The molecule has 2 unspecified atom stereocenters. The van der Waals surface area contributed by atoms with Gasteiger partial charge in [-0.25, -0.2) is 0 Å². The van der Waals surface area contributed by atoms with Crippen LogP contribution < -0.4 is 10.9 Å². The number of likely N-dealkylation sites (tertiary alicyclic amines) is 1. The van der Waals surface area contributed by atoms with Crippen molar-refractivity contribution in [1.29, 1.82) is 0 Å². The van der Waals surface area contributed by atoms with Gasteiger partial charge in [0, 0.05) is 56.7 Å². The van der Waals surface area contributed by atoms with E-state index in [-0.39, 0.29) is 23.3 Å². The number of carbonyl (C=O) groups is 2. The molecule has 0 aliphatic carbocycles. The molecule has 2 atom stereocenters. The number of rotatable bonds is 6. The third kappa shape index (κ3) is 4.58. The zero-order valence-electron chi connectivity index (χ0n) is 16.5. The first-order chi connectivity index (χ1) is 14.1. The minimum absolute atomic E-state index is 0.0227. The lowest BCUT2D eigenvalue weighted by molar-refractivity contribution is -0.134. The van der Waals surface area contributed by atoms with Crippen LogP contribution in [-0.4, -0.2) is 34.4 Å². The first-order valence-corrected chi connectivity index (χ1v) is 10.4. The van der Waals surface area contributed by atoms with Crippen LogP contribution in [0.1, 0.15) is 42.9 Å². The number of pyridine rings is 1. The van der Waals surface area contributed by atoms with Gasteiger partial charge in [0.2, 0.25) is 11.8 Å². The molecule has 3 heterocycles. The lowest BCUT2D eigenvalue weighted by Crippen LogP contribution is -2.49. The Kier molecular flexibility index (Phi) is 5.79. The van der Waals surface area contributed by atoms with Crippen LogP contribution in [0.3, 0.4) is 0 Å². The number of aromatic nitrogens is 1. The molecule has 1 fully saturated rings. The summed E-state index contributed by atoms with van der Waals surface area (Å²) in [5.41, 5.74) is 2.17. The monoisotopic (exact) mass is 393 g/mol. The van der Waals surface area contributed by atoms with Crippen molar-refractivity contribution in [2.45, 2.75) is 44.7 Å². The fraction of sp³-hybridized carbons (Fsp3) is 0.435. The van der Waals surface area contributed by atoms with Gasteiger partial charge in [0.05, 0.1) is 0 Å². The Morgan fingerprint density at radius 2 is 1.79 bits per heavy atom. The van der Waals surface area contributed by atoms with Crippen molar-refractivity contribution in [2.75, 3.05) is 13.1 Å². The second-order valence-electron chi connectivity index (χ2n) is 8.11. The normalized spacial score (nSPS) is 20.1. The Balaban J connectivity index is 1.25. The molecule has 6 heteroatoms. The van der Waals surface area contributed by atoms with Crippen molar-refractivity contribution in [3.05, 3.63) is 70.1 Å². The Labute approximate surface area is 170 Å². The Hall–Kier alpha value is -2.89. The molecule has 2 aromatic rings. The standard InChI is InChI=1S/C23H27N3O3/c27-21(24-13-17-6-2-1-3-7-17)9-5-10-22(28)25-14-18-12-19(16-25)20-8-4-11-23(29)26(20)15-18/h1-4,6-8,11,18-19H,5,9-10,12-16H2,(H,24,27). The molecule has 152 valence electrons. The molecule has 1 saturated heterocycles. The van der Waals surface area contributed by atoms with E-state index >= 15 is 0 Å². The fourth-order valence-corrected chi connectivity index (χ4v) is 4.54. The van der Waals surface area contributed by atoms with Crippen LogP contribution in [0.2, 0.25) is 0 Å². The van der Waals surface area contributed by atoms with Crippen LogP contribution in [0.25, 0.3) is 0 Å². The molecule has 2 amide bonds. The van der Waals surface area contributed by atoms with E-state index < -0.39 is 0 Å². The van der Waals surface area contributed by atoms with Crippen molar-refractivity contribution in [3.8, 4) is 0 Å². The minimum Gasteiger partial charge on any atom is -0.352 e. The third-order valence-electron chi connectivity index (χ3n) is 5.96. The number of nitrogens with one attached hydrogen (secondary N) is 1.